The van der Waals surface area contributed by atoms with E-state index < -0.39 is 34.6 Å². The number of nitrogens with one attached hydrogen (secondary N) is 1. The molecule has 1 aliphatic heterocycles. The molecule has 2 aliphatic rings. The third kappa shape index (κ3) is 5.84. The molecule has 3 heterocycles. The lowest BCUT2D eigenvalue weighted by atomic mass is 9.77. The van der Waals surface area contributed by atoms with Crippen LogP contribution < -0.4 is 5.32 Å². The zero-order valence-corrected chi connectivity index (χ0v) is 23.8. The molecule has 1 atom stereocenters. The van der Waals surface area contributed by atoms with Crippen molar-refractivity contribution in [2.45, 2.75) is 44.6 Å². The first-order chi connectivity index (χ1) is 19.8. The van der Waals surface area contributed by atoms with Gasteiger partial charge in [0.1, 0.15) is 11.9 Å². The van der Waals surface area contributed by atoms with Crippen molar-refractivity contribution in [3.63, 3.8) is 0 Å². The SMILES string of the molecule is CCOC(=O)c1cnc(C2CCC(C3=C(C(=O)OC)C(c4ccc(F)c(F)c4Cl)N=C(c4nccs4)N3)CC2)nc1. The van der Waals surface area contributed by atoms with Gasteiger partial charge >= 0.3 is 11.9 Å². The van der Waals surface area contributed by atoms with Gasteiger partial charge < -0.3 is 14.8 Å². The van der Waals surface area contributed by atoms with Crippen molar-refractivity contribution in [3.05, 3.63) is 86.0 Å². The van der Waals surface area contributed by atoms with Gasteiger partial charge in [0, 0.05) is 41.1 Å². The molecule has 5 rings (SSSR count). The highest BCUT2D eigenvalue weighted by Gasteiger charge is 2.38. The molecule has 1 fully saturated rings. The molecule has 0 amide bonds. The van der Waals surface area contributed by atoms with Crippen LogP contribution in [-0.4, -0.2) is 46.4 Å². The van der Waals surface area contributed by atoms with E-state index in [0.29, 0.717) is 53.6 Å². The second-order valence-electron chi connectivity index (χ2n) is 9.52. The highest BCUT2D eigenvalue weighted by atomic mass is 35.5. The van der Waals surface area contributed by atoms with E-state index >= 15 is 0 Å². The number of rotatable bonds is 7. The maximum atomic E-state index is 14.5. The number of ether oxygens (including phenoxy) is 2. The summed E-state index contributed by atoms with van der Waals surface area (Å²) in [6.07, 6.45) is 7.33. The fourth-order valence-corrected chi connectivity index (χ4v) is 6.00. The number of nitrogens with zero attached hydrogens (tertiary/aromatic N) is 4. The summed E-state index contributed by atoms with van der Waals surface area (Å²) in [7, 11) is 1.26. The fourth-order valence-electron chi connectivity index (χ4n) is 5.16. The van der Waals surface area contributed by atoms with Crippen molar-refractivity contribution in [2.75, 3.05) is 13.7 Å². The van der Waals surface area contributed by atoms with Crippen LogP contribution in [-0.2, 0) is 14.3 Å². The van der Waals surface area contributed by atoms with Crippen LogP contribution in [0.2, 0.25) is 5.02 Å². The molecule has 3 aromatic rings. The Bertz CT molecular complexity index is 1510. The molecule has 1 unspecified atom stereocenters. The summed E-state index contributed by atoms with van der Waals surface area (Å²) in [5.74, 6) is -2.47. The topological polar surface area (TPSA) is 116 Å². The first-order valence-electron chi connectivity index (χ1n) is 13.0. The quantitative estimate of drug-likeness (QED) is 0.277. The number of thiazole rings is 1. The number of hydrogen-bond acceptors (Lipinski definition) is 10. The normalized spacial score (nSPS) is 20.7. The van der Waals surface area contributed by atoms with Crippen LogP contribution in [0.1, 0.15) is 71.3 Å². The van der Waals surface area contributed by atoms with E-state index in [1.165, 1.54) is 36.9 Å². The van der Waals surface area contributed by atoms with Gasteiger partial charge in [-0.2, -0.15) is 0 Å². The lowest BCUT2D eigenvalue weighted by Gasteiger charge is -2.34. The Morgan fingerprint density at radius 3 is 2.41 bits per heavy atom. The third-order valence-electron chi connectivity index (χ3n) is 7.16. The number of aromatic nitrogens is 3. The van der Waals surface area contributed by atoms with Crippen molar-refractivity contribution in [3.8, 4) is 0 Å². The summed E-state index contributed by atoms with van der Waals surface area (Å²) >= 11 is 7.60. The van der Waals surface area contributed by atoms with Crippen LogP contribution in [0.3, 0.4) is 0 Å². The standard InChI is InChI=1S/C28H26ClF2N5O4S/c1-3-40-27(37)16-12-33-24(34-13-16)15-6-4-14(5-7-15)22-19(28(38)39-2)23(17-8-9-18(30)21(31)20(17)29)36-25(35-22)26-32-10-11-41-26/h8-15,23H,3-7H2,1-2H3,(H,35,36). The first kappa shape index (κ1) is 28.7. The predicted octanol–water partition coefficient (Wildman–Crippen LogP) is 5.53. The number of allylic oxidation sites excluding steroid dienone is 1. The van der Waals surface area contributed by atoms with Gasteiger partial charge in [-0.15, -0.1) is 11.3 Å². The predicted molar refractivity (Wildman–Crippen MR) is 148 cm³/mol. The molecule has 0 saturated heterocycles. The number of benzene rings is 1. The Balaban J connectivity index is 1.47. The van der Waals surface area contributed by atoms with Crippen LogP contribution >= 0.6 is 22.9 Å². The molecule has 1 N–H and O–H groups in total. The van der Waals surface area contributed by atoms with Crippen molar-refractivity contribution in [1.82, 2.24) is 20.3 Å². The smallest absolute Gasteiger partial charge is 0.341 e. The zero-order chi connectivity index (χ0) is 29.1. The van der Waals surface area contributed by atoms with Gasteiger partial charge in [0.25, 0.3) is 0 Å². The van der Waals surface area contributed by atoms with E-state index in [2.05, 4.69) is 25.3 Å². The molecule has 13 heteroatoms. The third-order valence-corrected chi connectivity index (χ3v) is 8.32. The minimum absolute atomic E-state index is 0.0526. The molecular weight excluding hydrogens is 576 g/mol. The number of esters is 2. The summed E-state index contributed by atoms with van der Waals surface area (Å²) < 4.78 is 38.6. The van der Waals surface area contributed by atoms with Crippen molar-refractivity contribution >= 4 is 40.7 Å². The number of carbonyl (C=O) groups excluding carboxylic acids is 2. The van der Waals surface area contributed by atoms with Gasteiger partial charge in [-0.1, -0.05) is 17.7 Å². The number of carbonyl (C=O) groups is 2. The molecule has 9 nitrogen and oxygen atoms in total. The van der Waals surface area contributed by atoms with E-state index in [0.717, 1.165) is 6.07 Å². The van der Waals surface area contributed by atoms with E-state index in [1.54, 1.807) is 18.5 Å². The number of methoxy groups -OCH3 is 1. The van der Waals surface area contributed by atoms with Gasteiger partial charge in [0.2, 0.25) is 0 Å². The average Bonchev–Trinajstić information content (AvgIpc) is 3.55. The summed E-state index contributed by atoms with van der Waals surface area (Å²) in [4.78, 5) is 43.0. The first-order valence-corrected chi connectivity index (χ1v) is 14.3. The zero-order valence-electron chi connectivity index (χ0n) is 22.2. The molecule has 0 bridgehead atoms. The Morgan fingerprint density at radius 2 is 1.78 bits per heavy atom. The number of halogens is 3. The van der Waals surface area contributed by atoms with Crippen molar-refractivity contribution in [1.29, 1.82) is 0 Å². The molecule has 0 spiro atoms. The molecule has 1 aliphatic carbocycles. The number of hydrogen-bond donors (Lipinski definition) is 1. The van der Waals surface area contributed by atoms with Gasteiger partial charge in [-0.05, 0) is 44.6 Å². The summed E-state index contributed by atoms with van der Waals surface area (Å²) in [5, 5.41) is 5.21. The Kier molecular flexibility index (Phi) is 8.69. The molecule has 2 aromatic heterocycles. The van der Waals surface area contributed by atoms with Crippen LogP contribution in [0.15, 0.2) is 52.4 Å². The van der Waals surface area contributed by atoms with Crippen LogP contribution in [0.5, 0.6) is 0 Å². The van der Waals surface area contributed by atoms with E-state index in [1.807, 2.05) is 0 Å². The lowest BCUT2D eigenvalue weighted by Crippen LogP contribution is -2.37. The largest absolute Gasteiger partial charge is 0.466 e. The maximum absolute atomic E-state index is 14.5. The lowest BCUT2D eigenvalue weighted by molar-refractivity contribution is -0.136. The molecule has 1 saturated carbocycles. The monoisotopic (exact) mass is 601 g/mol. The number of amidine groups is 1. The molecule has 0 radical (unpaired) electrons. The summed E-state index contributed by atoms with van der Waals surface area (Å²) in [6, 6.07) is 1.25. The molecular formula is C28H26ClF2N5O4S. The van der Waals surface area contributed by atoms with Crippen molar-refractivity contribution in [2.24, 2.45) is 10.9 Å². The minimum atomic E-state index is -1.21. The summed E-state index contributed by atoms with van der Waals surface area (Å²) in [5.41, 5.74) is 1.20. The highest BCUT2D eigenvalue weighted by molar-refractivity contribution is 7.11. The Hall–Kier alpha value is -3.77. The second-order valence-corrected chi connectivity index (χ2v) is 10.8. The van der Waals surface area contributed by atoms with Crippen LogP contribution in [0.4, 0.5) is 8.78 Å². The van der Waals surface area contributed by atoms with Crippen LogP contribution in [0.25, 0.3) is 0 Å². The number of aliphatic imine (C=N–C) groups is 1. The Labute approximate surface area is 243 Å². The minimum Gasteiger partial charge on any atom is -0.466 e. The van der Waals surface area contributed by atoms with E-state index in [-0.39, 0.29) is 29.6 Å². The average molecular weight is 602 g/mol. The van der Waals surface area contributed by atoms with Gasteiger partial charge in [-0.3, -0.25) is 4.99 Å². The molecule has 1 aromatic carbocycles. The molecule has 41 heavy (non-hydrogen) atoms. The maximum Gasteiger partial charge on any atom is 0.341 e. The fraction of sp³-hybridized carbons (Fsp3) is 0.357. The summed E-state index contributed by atoms with van der Waals surface area (Å²) in [6.45, 7) is 1.99. The van der Waals surface area contributed by atoms with E-state index in [9.17, 15) is 18.4 Å². The highest BCUT2D eigenvalue weighted by Crippen LogP contribution is 2.43. The molecule has 214 valence electrons. The van der Waals surface area contributed by atoms with E-state index in [4.69, 9.17) is 21.1 Å². The van der Waals surface area contributed by atoms with Gasteiger partial charge in [-0.25, -0.2) is 33.3 Å². The van der Waals surface area contributed by atoms with Crippen molar-refractivity contribution < 1.29 is 27.8 Å². The van der Waals surface area contributed by atoms with Gasteiger partial charge in [0.15, 0.2) is 22.5 Å². The van der Waals surface area contributed by atoms with Gasteiger partial charge in [0.05, 0.1) is 29.9 Å². The van der Waals surface area contributed by atoms with Crippen LogP contribution in [0, 0.1) is 17.6 Å². The second kappa shape index (κ2) is 12.4. The Morgan fingerprint density at radius 1 is 1.07 bits per heavy atom.